The summed E-state index contributed by atoms with van der Waals surface area (Å²) in [6, 6.07) is 25.9. The number of nitrogens with zero attached hydrogens (tertiary/aromatic N) is 3. The Morgan fingerprint density at radius 2 is 1.53 bits per heavy atom. The first kappa shape index (κ1) is 25.9. The molecule has 196 valence electrons. The highest BCUT2D eigenvalue weighted by Gasteiger charge is 2.31. The Hall–Kier alpha value is -3.70. The normalized spacial score (nSPS) is 16.2. The van der Waals surface area contributed by atoms with Crippen LogP contribution in [-0.4, -0.2) is 30.6 Å². The fourth-order valence-electron chi connectivity index (χ4n) is 5.81. The Morgan fingerprint density at radius 3 is 2.13 bits per heavy atom. The fraction of sp³-hybridized carbons (Fsp3) is 0.333. The Labute approximate surface area is 226 Å². The highest BCUT2D eigenvalue weighted by molar-refractivity contribution is 6.09. The van der Waals surface area contributed by atoms with Crippen molar-refractivity contribution in [2.24, 2.45) is 5.10 Å². The molecule has 3 aromatic carbocycles. The van der Waals surface area contributed by atoms with Crippen LogP contribution in [0, 0.1) is 0 Å². The number of carbonyl (C=O) groups excluding carboxylic acids is 1. The maximum atomic E-state index is 13.8. The van der Waals surface area contributed by atoms with Gasteiger partial charge in [0.2, 0.25) is 0 Å². The van der Waals surface area contributed by atoms with E-state index in [1.165, 1.54) is 40.7 Å². The number of hydrogen-bond donors (Lipinski definition) is 1. The van der Waals surface area contributed by atoms with Gasteiger partial charge in [-0.3, -0.25) is 15.1 Å². The summed E-state index contributed by atoms with van der Waals surface area (Å²) in [7, 11) is 0. The highest BCUT2D eigenvalue weighted by atomic mass is 16.2. The van der Waals surface area contributed by atoms with Crippen LogP contribution in [0.4, 0.5) is 5.69 Å². The maximum Gasteiger partial charge on any atom is 0.256 e. The molecule has 0 bridgehead atoms. The molecule has 0 atom stereocenters. The zero-order valence-electron chi connectivity index (χ0n) is 22.5. The van der Waals surface area contributed by atoms with Gasteiger partial charge in [-0.15, -0.1) is 0 Å². The molecule has 5 rings (SSSR count). The van der Waals surface area contributed by atoms with Crippen molar-refractivity contribution in [3.05, 3.63) is 112 Å². The minimum atomic E-state index is 0.0829. The van der Waals surface area contributed by atoms with Gasteiger partial charge in [-0.1, -0.05) is 66.7 Å². The molecule has 5 heteroatoms. The third-order valence-electron chi connectivity index (χ3n) is 7.76. The van der Waals surface area contributed by atoms with Gasteiger partial charge >= 0.3 is 0 Å². The van der Waals surface area contributed by atoms with Gasteiger partial charge in [0, 0.05) is 56.3 Å². The number of benzene rings is 3. The largest absolute Gasteiger partial charge is 0.308 e. The van der Waals surface area contributed by atoms with Gasteiger partial charge in [-0.2, -0.15) is 5.10 Å². The number of allylic oxidation sites excluding steroid dienone is 1. The molecule has 1 aliphatic carbocycles. The van der Waals surface area contributed by atoms with Crippen LogP contribution in [0.15, 0.2) is 89.2 Å². The Balaban J connectivity index is 1.37. The second-order valence-corrected chi connectivity index (χ2v) is 10.5. The van der Waals surface area contributed by atoms with Crippen LogP contribution in [0.25, 0.3) is 0 Å². The van der Waals surface area contributed by atoms with Crippen molar-refractivity contribution in [3.63, 3.8) is 0 Å². The summed E-state index contributed by atoms with van der Waals surface area (Å²) in [6.07, 6.45) is 6.25. The molecule has 1 aliphatic heterocycles. The second kappa shape index (κ2) is 12.2. The lowest BCUT2D eigenvalue weighted by Crippen LogP contribution is -2.40. The number of anilines is 1. The van der Waals surface area contributed by atoms with Crippen LogP contribution < -0.4 is 10.3 Å². The van der Waals surface area contributed by atoms with Crippen LogP contribution >= 0.6 is 0 Å². The fourth-order valence-corrected chi connectivity index (χ4v) is 5.81. The molecule has 0 saturated heterocycles. The van der Waals surface area contributed by atoms with E-state index in [9.17, 15) is 4.79 Å². The predicted octanol–water partition coefficient (Wildman–Crippen LogP) is 6.03. The first-order chi connectivity index (χ1) is 18.6. The van der Waals surface area contributed by atoms with Crippen LogP contribution in [0.2, 0.25) is 0 Å². The van der Waals surface area contributed by atoms with Crippen molar-refractivity contribution >= 4 is 18.3 Å². The van der Waals surface area contributed by atoms with E-state index in [4.69, 9.17) is 0 Å². The van der Waals surface area contributed by atoms with E-state index in [0.717, 1.165) is 55.9 Å². The van der Waals surface area contributed by atoms with Gasteiger partial charge in [-0.25, -0.2) is 0 Å². The van der Waals surface area contributed by atoms with E-state index in [1.54, 1.807) is 0 Å². The minimum Gasteiger partial charge on any atom is -0.308 e. The van der Waals surface area contributed by atoms with Gasteiger partial charge < -0.3 is 4.90 Å². The van der Waals surface area contributed by atoms with Crippen molar-refractivity contribution in [3.8, 4) is 0 Å². The molecule has 0 unspecified atom stereocenters. The molecule has 2 aliphatic rings. The summed E-state index contributed by atoms with van der Waals surface area (Å²) in [5.41, 5.74) is 12.3. The average molecular weight is 507 g/mol. The smallest absolute Gasteiger partial charge is 0.256 e. The van der Waals surface area contributed by atoms with Crippen LogP contribution in [0.5, 0.6) is 0 Å². The lowest BCUT2D eigenvalue weighted by Gasteiger charge is -2.34. The SMILES string of the molecule is C=NN/C(C)=C1\Cc2cc3c(cc2N(CCCN(Cc2ccccc2)Cc2ccccc2)C1=O)CCCC3. The summed E-state index contributed by atoms with van der Waals surface area (Å²) < 4.78 is 0. The monoisotopic (exact) mass is 506 g/mol. The van der Waals surface area contributed by atoms with E-state index in [-0.39, 0.29) is 5.91 Å². The zero-order valence-corrected chi connectivity index (χ0v) is 22.5. The summed E-state index contributed by atoms with van der Waals surface area (Å²) >= 11 is 0. The van der Waals surface area contributed by atoms with E-state index < -0.39 is 0 Å². The van der Waals surface area contributed by atoms with Gasteiger partial charge in [0.25, 0.3) is 5.91 Å². The van der Waals surface area contributed by atoms with Crippen LogP contribution in [0.3, 0.4) is 0 Å². The number of rotatable bonds is 10. The highest BCUT2D eigenvalue weighted by Crippen LogP contribution is 2.36. The van der Waals surface area contributed by atoms with Crippen molar-refractivity contribution in [2.45, 2.75) is 58.5 Å². The lowest BCUT2D eigenvalue weighted by molar-refractivity contribution is -0.115. The predicted molar refractivity (Wildman–Crippen MR) is 156 cm³/mol. The van der Waals surface area contributed by atoms with E-state index in [2.05, 4.69) is 94.9 Å². The summed E-state index contributed by atoms with van der Waals surface area (Å²) in [5.74, 6) is 0.0829. The average Bonchev–Trinajstić information content (AvgIpc) is 2.94. The second-order valence-electron chi connectivity index (χ2n) is 10.5. The molecule has 1 amide bonds. The third kappa shape index (κ3) is 6.05. The van der Waals surface area contributed by atoms with E-state index >= 15 is 0 Å². The molecule has 0 fully saturated rings. The molecular weight excluding hydrogens is 468 g/mol. The van der Waals surface area contributed by atoms with Crippen LogP contribution in [0.1, 0.15) is 54.0 Å². The quantitative estimate of drug-likeness (QED) is 0.208. The van der Waals surface area contributed by atoms with Crippen molar-refractivity contribution in [2.75, 3.05) is 18.0 Å². The molecule has 0 radical (unpaired) electrons. The zero-order chi connectivity index (χ0) is 26.3. The minimum absolute atomic E-state index is 0.0829. The van der Waals surface area contributed by atoms with Crippen LogP contribution in [-0.2, 0) is 37.1 Å². The molecule has 1 heterocycles. The topological polar surface area (TPSA) is 47.9 Å². The van der Waals surface area contributed by atoms with E-state index in [1.807, 2.05) is 11.8 Å². The number of hydrogen-bond acceptors (Lipinski definition) is 4. The molecule has 5 nitrogen and oxygen atoms in total. The van der Waals surface area contributed by atoms with Crippen molar-refractivity contribution in [1.29, 1.82) is 0 Å². The van der Waals surface area contributed by atoms with Gasteiger partial charge in [0.05, 0.1) is 0 Å². The lowest BCUT2D eigenvalue weighted by atomic mass is 9.86. The number of carbonyl (C=O) groups is 1. The Bertz CT molecular complexity index is 1260. The molecule has 0 aromatic heterocycles. The van der Waals surface area contributed by atoms with Crippen molar-refractivity contribution in [1.82, 2.24) is 10.3 Å². The molecule has 0 saturated carbocycles. The number of fused-ring (bicyclic) bond motifs is 2. The first-order valence-corrected chi connectivity index (χ1v) is 13.8. The maximum absolute atomic E-state index is 13.8. The summed E-state index contributed by atoms with van der Waals surface area (Å²) in [6.45, 7) is 8.82. The Morgan fingerprint density at radius 1 is 0.921 bits per heavy atom. The third-order valence-corrected chi connectivity index (χ3v) is 7.76. The molecular formula is C33H38N4O. The number of nitrogens with one attached hydrogen (secondary N) is 1. The number of hydrazone groups is 1. The summed E-state index contributed by atoms with van der Waals surface area (Å²) in [5, 5.41) is 3.83. The Kier molecular flexibility index (Phi) is 8.34. The molecule has 38 heavy (non-hydrogen) atoms. The summed E-state index contributed by atoms with van der Waals surface area (Å²) in [4.78, 5) is 18.3. The number of aryl methyl sites for hydroxylation is 2. The first-order valence-electron chi connectivity index (χ1n) is 13.8. The van der Waals surface area contributed by atoms with Crippen molar-refractivity contribution < 1.29 is 4.79 Å². The molecule has 1 N–H and O–H groups in total. The van der Waals surface area contributed by atoms with Gasteiger partial charge in [0.1, 0.15) is 0 Å². The van der Waals surface area contributed by atoms with E-state index in [0.29, 0.717) is 13.0 Å². The standard InChI is InChI=1S/C33H38N4O/c1-25(35-34-2)31-21-30-20-28-16-9-10-17-29(28)22-32(30)37(33(31)38)19-11-18-36(23-26-12-5-3-6-13-26)24-27-14-7-4-8-15-27/h3-8,12-15,20,22,35H,2,9-11,16-19,21,23-24H2,1H3/b31-25+. The number of amides is 1. The molecule has 0 spiro atoms. The van der Waals surface area contributed by atoms with Gasteiger partial charge in [0.15, 0.2) is 0 Å². The molecule has 3 aromatic rings. The van der Waals surface area contributed by atoms with Gasteiger partial charge in [-0.05, 0) is 72.9 Å².